The van der Waals surface area contributed by atoms with Crippen LogP contribution in [0.4, 0.5) is 0 Å². The Morgan fingerprint density at radius 1 is 1.35 bits per heavy atom. The van der Waals surface area contributed by atoms with E-state index in [0.29, 0.717) is 12.6 Å². The third-order valence-corrected chi connectivity index (χ3v) is 4.92. The van der Waals surface area contributed by atoms with Crippen molar-refractivity contribution in [3.63, 3.8) is 0 Å². The third kappa shape index (κ3) is 2.59. The van der Waals surface area contributed by atoms with E-state index in [1.807, 2.05) is 6.92 Å². The molecule has 1 amide bonds. The molecule has 5 nitrogen and oxygen atoms in total. The smallest absolute Gasteiger partial charge is 0.240 e. The highest BCUT2D eigenvalue weighted by atomic mass is 16.5. The largest absolute Gasteiger partial charge is 0.377 e. The Kier molecular flexibility index (Phi) is 4.02. The van der Waals surface area contributed by atoms with Gasteiger partial charge in [-0.2, -0.15) is 0 Å². The molecule has 114 valence electrons. The maximum absolute atomic E-state index is 12.6. The van der Waals surface area contributed by atoms with Crippen LogP contribution in [0.25, 0.3) is 0 Å². The lowest BCUT2D eigenvalue weighted by molar-refractivity contribution is -0.149. The molecule has 0 aromatic heterocycles. The first kappa shape index (κ1) is 14.3. The van der Waals surface area contributed by atoms with E-state index in [1.54, 1.807) is 7.11 Å². The molecule has 0 bridgehead atoms. The molecule has 3 atom stereocenters. The first-order valence-corrected chi connectivity index (χ1v) is 7.91. The first-order valence-electron chi connectivity index (χ1n) is 7.91. The number of ether oxygens (including phenoxy) is 2. The fraction of sp³-hybridized carbons (Fsp3) is 0.933. The zero-order valence-corrected chi connectivity index (χ0v) is 12.5. The van der Waals surface area contributed by atoms with Crippen LogP contribution in [0.2, 0.25) is 0 Å². The van der Waals surface area contributed by atoms with E-state index >= 15 is 0 Å². The monoisotopic (exact) mass is 282 g/mol. The average Bonchev–Trinajstić information content (AvgIpc) is 3.16. The van der Waals surface area contributed by atoms with E-state index in [1.165, 1.54) is 12.8 Å². The summed E-state index contributed by atoms with van der Waals surface area (Å²) in [5.74, 6) is 0.164. The number of carbonyl (C=O) groups excluding carboxylic acids is 1. The molecule has 3 saturated carbocycles. The van der Waals surface area contributed by atoms with Crippen LogP contribution in [0, 0.1) is 0 Å². The van der Waals surface area contributed by atoms with Crippen molar-refractivity contribution in [1.82, 2.24) is 10.6 Å². The Bertz CT molecular complexity index is 366. The van der Waals surface area contributed by atoms with Crippen LogP contribution in [-0.4, -0.2) is 49.5 Å². The highest BCUT2D eigenvalue weighted by Gasteiger charge is 2.50. The fourth-order valence-corrected chi connectivity index (χ4v) is 3.31. The molecule has 3 fully saturated rings. The molecular weight excluding hydrogens is 256 g/mol. The number of carbonyl (C=O) groups is 1. The lowest BCUT2D eigenvalue weighted by atomic mass is 9.74. The summed E-state index contributed by atoms with van der Waals surface area (Å²) in [6, 6.07) is 0.666. The second-order valence-electron chi connectivity index (χ2n) is 6.36. The summed E-state index contributed by atoms with van der Waals surface area (Å²) >= 11 is 0. The summed E-state index contributed by atoms with van der Waals surface area (Å²) < 4.78 is 11.1. The summed E-state index contributed by atoms with van der Waals surface area (Å²) in [4.78, 5) is 12.6. The van der Waals surface area contributed by atoms with Crippen LogP contribution in [0.5, 0.6) is 0 Å². The molecule has 0 radical (unpaired) electrons. The van der Waals surface area contributed by atoms with Crippen molar-refractivity contribution < 1.29 is 14.3 Å². The Hall–Kier alpha value is -0.650. The number of rotatable bonds is 7. The summed E-state index contributed by atoms with van der Waals surface area (Å²) in [7, 11) is 1.69. The summed E-state index contributed by atoms with van der Waals surface area (Å²) in [5, 5.41) is 6.72. The molecule has 0 aliphatic heterocycles. The van der Waals surface area contributed by atoms with Crippen molar-refractivity contribution in [3.05, 3.63) is 0 Å². The van der Waals surface area contributed by atoms with Gasteiger partial charge in [-0.15, -0.1) is 0 Å². The standard InChI is InChI=1S/C15H26N2O3/c1-3-20-12-9-11(13(12)19-2)16-14(18)15(7-4-8-15)17-10-5-6-10/h10-13,17H,3-9H2,1-2H3,(H,16,18). The van der Waals surface area contributed by atoms with Crippen LogP contribution in [0.3, 0.4) is 0 Å². The molecule has 0 saturated heterocycles. The van der Waals surface area contributed by atoms with Crippen LogP contribution < -0.4 is 10.6 Å². The van der Waals surface area contributed by atoms with Crippen LogP contribution in [0.15, 0.2) is 0 Å². The lowest BCUT2D eigenvalue weighted by Crippen LogP contribution is -2.68. The summed E-state index contributed by atoms with van der Waals surface area (Å²) in [5.41, 5.74) is -0.295. The van der Waals surface area contributed by atoms with Gasteiger partial charge >= 0.3 is 0 Å². The summed E-state index contributed by atoms with van der Waals surface area (Å²) in [6.07, 6.45) is 6.49. The second kappa shape index (κ2) is 5.62. The van der Waals surface area contributed by atoms with Crippen molar-refractivity contribution >= 4 is 5.91 Å². The molecule has 0 heterocycles. The maximum Gasteiger partial charge on any atom is 0.240 e. The van der Waals surface area contributed by atoms with Gasteiger partial charge in [0.15, 0.2) is 0 Å². The molecule has 5 heteroatoms. The van der Waals surface area contributed by atoms with E-state index < -0.39 is 0 Å². The third-order valence-electron chi connectivity index (χ3n) is 4.92. The summed E-state index contributed by atoms with van der Waals surface area (Å²) in [6.45, 7) is 2.68. The number of nitrogens with one attached hydrogen (secondary N) is 2. The first-order chi connectivity index (χ1) is 9.68. The molecule has 3 unspecified atom stereocenters. The minimum absolute atomic E-state index is 0.00282. The van der Waals surface area contributed by atoms with E-state index in [9.17, 15) is 4.79 Å². The number of hydrogen-bond acceptors (Lipinski definition) is 4. The van der Waals surface area contributed by atoms with E-state index in [0.717, 1.165) is 25.7 Å². The number of hydrogen-bond donors (Lipinski definition) is 2. The van der Waals surface area contributed by atoms with Gasteiger partial charge in [-0.1, -0.05) is 0 Å². The highest BCUT2D eigenvalue weighted by molar-refractivity contribution is 5.87. The van der Waals surface area contributed by atoms with Gasteiger partial charge in [0.05, 0.1) is 17.7 Å². The minimum Gasteiger partial charge on any atom is -0.377 e. The molecule has 0 aromatic rings. The molecule has 20 heavy (non-hydrogen) atoms. The molecule has 3 aliphatic rings. The van der Waals surface area contributed by atoms with Gasteiger partial charge < -0.3 is 20.1 Å². The zero-order valence-electron chi connectivity index (χ0n) is 12.5. The van der Waals surface area contributed by atoms with Gasteiger partial charge in [0.25, 0.3) is 0 Å². The molecule has 0 aromatic carbocycles. The fourth-order valence-electron chi connectivity index (χ4n) is 3.31. The predicted octanol–water partition coefficient (Wildman–Crippen LogP) is 0.970. The predicted molar refractivity (Wildman–Crippen MR) is 75.5 cm³/mol. The lowest BCUT2D eigenvalue weighted by Gasteiger charge is -2.47. The van der Waals surface area contributed by atoms with E-state index in [4.69, 9.17) is 9.47 Å². The molecule has 3 aliphatic carbocycles. The molecule has 2 N–H and O–H groups in total. The van der Waals surface area contributed by atoms with Gasteiger partial charge in [0.1, 0.15) is 6.10 Å². The normalized spacial score (nSPS) is 35.0. The van der Waals surface area contributed by atoms with Gasteiger partial charge in [-0.05, 0) is 45.4 Å². The Morgan fingerprint density at radius 3 is 2.60 bits per heavy atom. The zero-order chi connectivity index (χ0) is 14.2. The van der Waals surface area contributed by atoms with E-state index in [-0.39, 0.29) is 29.7 Å². The highest BCUT2D eigenvalue weighted by Crippen LogP contribution is 2.37. The topological polar surface area (TPSA) is 59.6 Å². The molecule has 0 spiro atoms. The van der Waals surface area contributed by atoms with Gasteiger partial charge in [0, 0.05) is 19.8 Å². The van der Waals surface area contributed by atoms with Crippen molar-refractivity contribution in [1.29, 1.82) is 0 Å². The minimum atomic E-state index is -0.295. The molecule has 3 rings (SSSR count). The van der Waals surface area contributed by atoms with Crippen LogP contribution in [-0.2, 0) is 14.3 Å². The van der Waals surface area contributed by atoms with Crippen molar-refractivity contribution in [2.24, 2.45) is 0 Å². The van der Waals surface area contributed by atoms with Crippen LogP contribution >= 0.6 is 0 Å². The quantitative estimate of drug-likeness (QED) is 0.730. The van der Waals surface area contributed by atoms with Crippen molar-refractivity contribution in [3.8, 4) is 0 Å². The number of amides is 1. The SMILES string of the molecule is CCOC1CC(NC(=O)C2(NC3CC3)CCC2)C1OC. The van der Waals surface area contributed by atoms with E-state index in [2.05, 4.69) is 10.6 Å². The van der Waals surface area contributed by atoms with Gasteiger partial charge in [-0.25, -0.2) is 0 Å². The van der Waals surface area contributed by atoms with Gasteiger partial charge in [-0.3, -0.25) is 4.79 Å². The van der Waals surface area contributed by atoms with Crippen molar-refractivity contribution in [2.75, 3.05) is 13.7 Å². The Labute approximate surface area is 120 Å². The molecular formula is C15H26N2O3. The van der Waals surface area contributed by atoms with Crippen molar-refractivity contribution in [2.45, 2.75) is 75.3 Å². The van der Waals surface area contributed by atoms with Crippen LogP contribution in [0.1, 0.15) is 45.4 Å². The van der Waals surface area contributed by atoms with Gasteiger partial charge in [0.2, 0.25) is 5.91 Å². The number of methoxy groups -OCH3 is 1. The average molecular weight is 282 g/mol. The maximum atomic E-state index is 12.6. The second-order valence-corrected chi connectivity index (χ2v) is 6.36. The Morgan fingerprint density at radius 2 is 2.10 bits per heavy atom. The Balaban J connectivity index is 1.53.